The van der Waals surface area contributed by atoms with Gasteiger partial charge >= 0.3 is 0 Å². The van der Waals surface area contributed by atoms with Crippen LogP contribution >= 0.6 is 11.8 Å². The monoisotopic (exact) mass is 279 g/mol. The number of hydrogen-bond donors (Lipinski definition) is 3. The maximum absolute atomic E-state index is 13.9. The lowest BCUT2D eigenvalue weighted by atomic mass is 10.2. The zero-order valence-electron chi connectivity index (χ0n) is 10.4. The van der Waals surface area contributed by atoms with Crippen molar-refractivity contribution in [2.45, 2.75) is 16.6 Å². The summed E-state index contributed by atoms with van der Waals surface area (Å²) in [5, 5.41) is 3.30. The molecule has 0 saturated heterocycles. The molecule has 5 nitrogen and oxygen atoms in total. The molecule has 0 unspecified atom stereocenters. The standard InChI is InChI=1S/C12H14FN5S/c1-16-6-7-2-3-9(8(13)4-7)19-12-17-10(14)5-11(15)18-12/h2-5,16H,6H2,1H3,(H4,14,15,17,18). The first-order valence-electron chi connectivity index (χ1n) is 5.59. The van der Waals surface area contributed by atoms with E-state index in [1.54, 1.807) is 6.07 Å². The van der Waals surface area contributed by atoms with Crippen molar-refractivity contribution in [1.29, 1.82) is 0 Å². The second-order valence-corrected chi connectivity index (χ2v) is 4.91. The third-order valence-corrected chi connectivity index (χ3v) is 3.24. The fourth-order valence-corrected chi connectivity index (χ4v) is 2.34. The minimum atomic E-state index is -0.317. The molecule has 0 bridgehead atoms. The van der Waals surface area contributed by atoms with E-state index in [9.17, 15) is 4.39 Å². The Hall–Kier alpha value is -1.86. The lowest BCUT2D eigenvalue weighted by Gasteiger charge is -2.06. The zero-order chi connectivity index (χ0) is 13.8. The number of halogens is 1. The van der Waals surface area contributed by atoms with E-state index in [2.05, 4.69) is 15.3 Å². The van der Waals surface area contributed by atoms with Crippen LogP contribution in [-0.2, 0) is 6.54 Å². The van der Waals surface area contributed by atoms with E-state index in [1.807, 2.05) is 13.1 Å². The first kappa shape index (κ1) is 13.6. The van der Waals surface area contributed by atoms with Gasteiger partial charge in [-0.3, -0.25) is 0 Å². The molecule has 0 saturated carbocycles. The van der Waals surface area contributed by atoms with E-state index in [0.29, 0.717) is 16.6 Å². The van der Waals surface area contributed by atoms with Gasteiger partial charge in [0.05, 0.1) is 4.90 Å². The SMILES string of the molecule is CNCc1ccc(Sc2nc(N)cc(N)n2)c(F)c1. The number of nitrogens with two attached hydrogens (primary N) is 2. The maximum atomic E-state index is 13.9. The van der Waals surface area contributed by atoms with Crippen LogP contribution in [0.3, 0.4) is 0 Å². The highest BCUT2D eigenvalue weighted by molar-refractivity contribution is 7.99. The average Bonchev–Trinajstić information content (AvgIpc) is 2.32. The molecule has 2 aromatic rings. The highest BCUT2D eigenvalue weighted by Crippen LogP contribution is 2.28. The molecule has 100 valence electrons. The number of hydrogen-bond acceptors (Lipinski definition) is 6. The number of benzene rings is 1. The van der Waals surface area contributed by atoms with Crippen LogP contribution in [0.2, 0.25) is 0 Å². The molecular weight excluding hydrogens is 265 g/mol. The van der Waals surface area contributed by atoms with Gasteiger partial charge in [0.15, 0.2) is 5.16 Å². The van der Waals surface area contributed by atoms with Crippen molar-refractivity contribution in [3.63, 3.8) is 0 Å². The van der Waals surface area contributed by atoms with Crippen LogP contribution in [0.15, 0.2) is 34.3 Å². The Morgan fingerprint density at radius 1 is 1.21 bits per heavy atom. The van der Waals surface area contributed by atoms with Gasteiger partial charge in [0, 0.05) is 12.6 Å². The number of nitrogens with zero attached hydrogens (tertiary/aromatic N) is 2. The van der Waals surface area contributed by atoms with Crippen molar-refractivity contribution in [3.05, 3.63) is 35.6 Å². The Morgan fingerprint density at radius 3 is 2.47 bits per heavy atom. The van der Waals surface area contributed by atoms with Gasteiger partial charge in [0.1, 0.15) is 17.5 Å². The smallest absolute Gasteiger partial charge is 0.196 e. The summed E-state index contributed by atoms with van der Waals surface area (Å²) in [4.78, 5) is 8.43. The third kappa shape index (κ3) is 3.55. The quantitative estimate of drug-likeness (QED) is 0.737. The second-order valence-electron chi connectivity index (χ2n) is 3.90. The molecule has 2 rings (SSSR count). The van der Waals surface area contributed by atoms with Gasteiger partial charge in [0.2, 0.25) is 0 Å². The Labute approximate surface area is 114 Å². The van der Waals surface area contributed by atoms with Crippen LogP contribution in [0.25, 0.3) is 0 Å². The second kappa shape index (κ2) is 5.85. The lowest BCUT2D eigenvalue weighted by molar-refractivity contribution is 0.597. The van der Waals surface area contributed by atoms with Gasteiger partial charge < -0.3 is 16.8 Å². The van der Waals surface area contributed by atoms with Gasteiger partial charge in [-0.15, -0.1) is 0 Å². The first-order valence-corrected chi connectivity index (χ1v) is 6.41. The molecular formula is C12H14FN5S. The molecule has 0 aliphatic rings. The van der Waals surface area contributed by atoms with Crippen LogP contribution < -0.4 is 16.8 Å². The summed E-state index contributed by atoms with van der Waals surface area (Å²) in [6, 6.07) is 6.47. The van der Waals surface area contributed by atoms with Crippen LogP contribution in [-0.4, -0.2) is 17.0 Å². The predicted molar refractivity (Wildman–Crippen MR) is 74.1 cm³/mol. The van der Waals surface area contributed by atoms with Crippen molar-refractivity contribution >= 4 is 23.4 Å². The lowest BCUT2D eigenvalue weighted by Crippen LogP contribution is -2.05. The fraction of sp³-hybridized carbons (Fsp3) is 0.167. The van der Waals surface area contributed by atoms with Crippen molar-refractivity contribution in [1.82, 2.24) is 15.3 Å². The Bertz CT molecular complexity index is 570. The van der Waals surface area contributed by atoms with E-state index in [-0.39, 0.29) is 17.5 Å². The maximum Gasteiger partial charge on any atom is 0.196 e. The van der Waals surface area contributed by atoms with Gasteiger partial charge in [-0.2, -0.15) is 0 Å². The number of anilines is 2. The summed E-state index contributed by atoms with van der Waals surface area (Å²) in [7, 11) is 1.81. The van der Waals surface area contributed by atoms with Crippen molar-refractivity contribution in [2.24, 2.45) is 0 Å². The number of nitrogen functional groups attached to an aromatic ring is 2. The number of aromatic nitrogens is 2. The highest BCUT2D eigenvalue weighted by Gasteiger charge is 2.08. The van der Waals surface area contributed by atoms with Crippen LogP contribution in [0.5, 0.6) is 0 Å². The molecule has 0 amide bonds. The summed E-state index contributed by atoms with van der Waals surface area (Å²) in [5.41, 5.74) is 12.0. The van der Waals surface area contributed by atoms with Gasteiger partial charge in [-0.1, -0.05) is 6.07 Å². The molecule has 0 atom stereocenters. The number of nitrogens with one attached hydrogen (secondary N) is 1. The van der Waals surface area contributed by atoms with Crippen molar-refractivity contribution in [3.8, 4) is 0 Å². The third-order valence-electron chi connectivity index (χ3n) is 2.32. The van der Waals surface area contributed by atoms with E-state index in [1.165, 1.54) is 12.1 Å². The van der Waals surface area contributed by atoms with Gasteiger partial charge in [-0.05, 0) is 36.5 Å². The largest absolute Gasteiger partial charge is 0.383 e. The molecule has 1 heterocycles. The minimum absolute atomic E-state index is 0.266. The zero-order valence-corrected chi connectivity index (χ0v) is 11.2. The van der Waals surface area contributed by atoms with Crippen molar-refractivity contribution < 1.29 is 4.39 Å². The molecule has 5 N–H and O–H groups in total. The molecule has 1 aromatic heterocycles. The molecule has 0 radical (unpaired) electrons. The Balaban J connectivity index is 2.23. The fourth-order valence-electron chi connectivity index (χ4n) is 1.55. The normalized spacial score (nSPS) is 10.6. The molecule has 1 aromatic carbocycles. The topological polar surface area (TPSA) is 89.8 Å². The van der Waals surface area contributed by atoms with Crippen LogP contribution in [0, 0.1) is 5.82 Å². The average molecular weight is 279 g/mol. The summed E-state index contributed by atoms with van der Waals surface area (Å²) in [6.45, 7) is 0.615. The Morgan fingerprint density at radius 2 is 1.89 bits per heavy atom. The molecule has 7 heteroatoms. The van der Waals surface area contributed by atoms with E-state index < -0.39 is 0 Å². The molecule has 0 aliphatic heterocycles. The molecule has 0 aliphatic carbocycles. The van der Waals surface area contributed by atoms with E-state index in [0.717, 1.165) is 17.3 Å². The predicted octanol–water partition coefficient (Wildman–Crippen LogP) is 1.65. The highest BCUT2D eigenvalue weighted by atomic mass is 32.2. The van der Waals surface area contributed by atoms with Gasteiger partial charge in [-0.25, -0.2) is 14.4 Å². The van der Waals surface area contributed by atoms with Crippen LogP contribution in [0.1, 0.15) is 5.56 Å². The summed E-state index contributed by atoms with van der Waals surface area (Å²) < 4.78 is 13.9. The van der Waals surface area contributed by atoms with Crippen LogP contribution in [0.4, 0.5) is 16.0 Å². The van der Waals surface area contributed by atoms with Gasteiger partial charge in [0.25, 0.3) is 0 Å². The first-order chi connectivity index (χ1) is 9.08. The summed E-state index contributed by atoms with van der Waals surface area (Å²) >= 11 is 1.09. The minimum Gasteiger partial charge on any atom is -0.383 e. The molecule has 0 fully saturated rings. The van der Waals surface area contributed by atoms with E-state index >= 15 is 0 Å². The molecule has 0 spiro atoms. The molecule has 19 heavy (non-hydrogen) atoms. The summed E-state index contributed by atoms with van der Waals surface area (Å²) in [5.74, 6) is 0.215. The number of rotatable bonds is 4. The van der Waals surface area contributed by atoms with Crippen molar-refractivity contribution in [2.75, 3.05) is 18.5 Å². The van der Waals surface area contributed by atoms with E-state index in [4.69, 9.17) is 11.5 Å². The summed E-state index contributed by atoms with van der Waals surface area (Å²) in [6.07, 6.45) is 0. The Kier molecular flexibility index (Phi) is 4.18.